The van der Waals surface area contributed by atoms with Gasteiger partial charge in [0.05, 0.1) is 36.7 Å². The summed E-state index contributed by atoms with van der Waals surface area (Å²) in [5, 5.41) is 12.9. The molecular weight excluding hydrogens is 467 g/mol. The van der Waals surface area contributed by atoms with Crippen LogP contribution < -0.4 is 5.32 Å². The summed E-state index contributed by atoms with van der Waals surface area (Å²) >= 11 is 0. The quantitative estimate of drug-likeness (QED) is 0.459. The van der Waals surface area contributed by atoms with Gasteiger partial charge >= 0.3 is 0 Å². The monoisotopic (exact) mass is 496 g/mol. The van der Waals surface area contributed by atoms with E-state index in [-0.39, 0.29) is 42.6 Å². The van der Waals surface area contributed by atoms with Crippen LogP contribution in [-0.4, -0.2) is 59.9 Å². The number of Topliss-reactive ketones (excluding diaryl/α,β-unsaturated/α-hetero) is 1. The Balaban J connectivity index is 1.31. The van der Waals surface area contributed by atoms with Gasteiger partial charge in [-0.2, -0.15) is 0 Å². The molecule has 2 fully saturated rings. The SMILES string of the molecule is O=C(N[C@H]1CCOC[C@@H]1O)c1cc(Cc2ccc(C(=O)CC[C@H]3CCCO3)c(F)c2)c2occc2n1. The van der Waals surface area contributed by atoms with Crippen molar-refractivity contribution in [3.8, 4) is 0 Å². The molecule has 2 aliphatic rings. The fourth-order valence-electron chi connectivity index (χ4n) is 4.82. The van der Waals surface area contributed by atoms with Gasteiger partial charge in [-0.3, -0.25) is 9.59 Å². The van der Waals surface area contributed by atoms with Crippen molar-refractivity contribution in [2.24, 2.45) is 0 Å². The van der Waals surface area contributed by atoms with Gasteiger partial charge in [-0.05, 0) is 49.4 Å². The highest BCUT2D eigenvalue weighted by Gasteiger charge is 2.26. The molecule has 0 radical (unpaired) electrons. The summed E-state index contributed by atoms with van der Waals surface area (Å²) in [6, 6.07) is 7.45. The number of hydrogen-bond acceptors (Lipinski definition) is 7. The zero-order valence-electron chi connectivity index (χ0n) is 19.9. The first-order chi connectivity index (χ1) is 17.5. The van der Waals surface area contributed by atoms with Gasteiger partial charge in [0.1, 0.15) is 17.0 Å². The molecule has 2 aromatic heterocycles. The van der Waals surface area contributed by atoms with E-state index in [4.69, 9.17) is 13.9 Å². The molecule has 4 heterocycles. The zero-order chi connectivity index (χ0) is 25.1. The van der Waals surface area contributed by atoms with Gasteiger partial charge in [0.2, 0.25) is 0 Å². The first-order valence-corrected chi connectivity index (χ1v) is 12.3. The molecule has 5 rings (SSSR count). The lowest BCUT2D eigenvalue weighted by atomic mass is 9.98. The number of fused-ring (bicyclic) bond motifs is 1. The third-order valence-electron chi connectivity index (χ3n) is 6.81. The van der Waals surface area contributed by atoms with Gasteiger partial charge in [-0.1, -0.05) is 6.07 Å². The second-order valence-electron chi connectivity index (χ2n) is 9.40. The number of pyridine rings is 1. The first-order valence-electron chi connectivity index (χ1n) is 12.3. The van der Waals surface area contributed by atoms with Crippen LogP contribution in [0.25, 0.3) is 11.1 Å². The molecule has 3 aromatic rings. The fourth-order valence-corrected chi connectivity index (χ4v) is 4.82. The summed E-state index contributed by atoms with van der Waals surface area (Å²) in [5.74, 6) is -1.22. The maximum Gasteiger partial charge on any atom is 0.270 e. The van der Waals surface area contributed by atoms with Crippen molar-refractivity contribution in [2.75, 3.05) is 19.8 Å². The van der Waals surface area contributed by atoms with Crippen molar-refractivity contribution in [2.45, 2.75) is 56.8 Å². The Morgan fingerprint density at radius 2 is 2.06 bits per heavy atom. The van der Waals surface area contributed by atoms with E-state index in [1.54, 1.807) is 18.2 Å². The standard InChI is InChI=1S/C27H29FN2O6/c28-20-13-16(3-5-19(20)24(31)6-4-18-2-1-9-35-18)12-17-14-23(29-22-8-11-36-26(17)22)27(33)30-21-7-10-34-15-25(21)32/h3,5,8,11,13-14,18,21,25,32H,1-2,4,6-7,9-10,12,15H2,(H,30,33)/t18-,21+,25+/m1/s1. The minimum Gasteiger partial charge on any atom is -0.462 e. The number of aliphatic hydroxyl groups is 1. The first kappa shape index (κ1) is 24.5. The van der Waals surface area contributed by atoms with E-state index < -0.39 is 23.9 Å². The van der Waals surface area contributed by atoms with Gasteiger partial charge in [0.25, 0.3) is 5.91 Å². The number of amides is 1. The van der Waals surface area contributed by atoms with Crippen molar-refractivity contribution in [3.05, 3.63) is 64.8 Å². The number of nitrogens with zero attached hydrogens (tertiary/aromatic N) is 1. The van der Waals surface area contributed by atoms with Crippen molar-refractivity contribution in [3.63, 3.8) is 0 Å². The minimum absolute atomic E-state index is 0.0738. The van der Waals surface area contributed by atoms with E-state index in [1.165, 1.54) is 18.4 Å². The van der Waals surface area contributed by atoms with E-state index in [0.717, 1.165) is 19.4 Å². The number of carbonyl (C=O) groups excluding carboxylic acids is 2. The Morgan fingerprint density at radius 1 is 1.17 bits per heavy atom. The molecule has 190 valence electrons. The molecular formula is C27H29FN2O6. The topological polar surface area (TPSA) is 111 Å². The van der Waals surface area contributed by atoms with Crippen molar-refractivity contribution in [1.29, 1.82) is 0 Å². The number of ether oxygens (including phenoxy) is 2. The van der Waals surface area contributed by atoms with Crippen LogP contribution in [0.3, 0.4) is 0 Å². The highest BCUT2D eigenvalue weighted by molar-refractivity contribution is 5.96. The Bertz CT molecular complexity index is 1250. The van der Waals surface area contributed by atoms with E-state index in [0.29, 0.717) is 41.7 Å². The Hall–Kier alpha value is -3.14. The van der Waals surface area contributed by atoms with Crippen molar-refractivity contribution < 1.29 is 33.0 Å². The minimum atomic E-state index is -0.783. The maximum absolute atomic E-state index is 14.9. The highest BCUT2D eigenvalue weighted by Crippen LogP contribution is 2.25. The number of furan rings is 1. The highest BCUT2D eigenvalue weighted by atomic mass is 19.1. The van der Waals surface area contributed by atoms with E-state index in [2.05, 4.69) is 10.3 Å². The fraction of sp³-hybridized carbons (Fsp3) is 0.444. The normalized spacial score (nSPS) is 22.1. The maximum atomic E-state index is 14.9. The average Bonchev–Trinajstić information content (AvgIpc) is 3.56. The predicted octanol–water partition coefficient (Wildman–Crippen LogP) is 3.58. The second-order valence-corrected chi connectivity index (χ2v) is 9.40. The molecule has 2 N–H and O–H groups in total. The Morgan fingerprint density at radius 3 is 2.83 bits per heavy atom. The lowest BCUT2D eigenvalue weighted by molar-refractivity contribution is -0.0261. The van der Waals surface area contributed by atoms with Crippen LogP contribution in [0.15, 0.2) is 41.0 Å². The van der Waals surface area contributed by atoms with Crippen LogP contribution in [0.4, 0.5) is 4.39 Å². The largest absolute Gasteiger partial charge is 0.462 e. The van der Waals surface area contributed by atoms with Crippen LogP contribution in [0, 0.1) is 5.82 Å². The smallest absolute Gasteiger partial charge is 0.270 e. The summed E-state index contributed by atoms with van der Waals surface area (Å²) < 4.78 is 31.2. The lowest BCUT2D eigenvalue weighted by Gasteiger charge is -2.28. The molecule has 36 heavy (non-hydrogen) atoms. The van der Waals surface area contributed by atoms with Gasteiger partial charge in [-0.25, -0.2) is 9.37 Å². The molecule has 1 amide bonds. The van der Waals surface area contributed by atoms with Crippen molar-refractivity contribution in [1.82, 2.24) is 10.3 Å². The third-order valence-corrected chi connectivity index (χ3v) is 6.81. The molecule has 2 aliphatic heterocycles. The molecule has 0 saturated carbocycles. The third kappa shape index (κ3) is 5.48. The number of nitrogens with one attached hydrogen (secondary N) is 1. The van der Waals surface area contributed by atoms with E-state index in [1.807, 2.05) is 0 Å². The summed E-state index contributed by atoms with van der Waals surface area (Å²) in [6.45, 7) is 1.35. The number of hydrogen-bond donors (Lipinski definition) is 2. The molecule has 0 aliphatic carbocycles. The van der Waals surface area contributed by atoms with Gasteiger partial charge < -0.3 is 24.3 Å². The number of halogens is 1. The molecule has 0 bridgehead atoms. The summed E-state index contributed by atoms with van der Waals surface area (Å²) in [4.78, 5) is 29.8. The average molecular weight is 497 g/mol. The second kappa shape index (κ2) is 10.9. The number of aromatic nitrogens is 1. The summed E-state index contributed by atoms with van der Waals surface area (Å²) in [6.07, 6.45) is 4.37. The lowest BCUT2D eigenvalue weighted by Crippen LogP contribution is -2.48. The van der Waals surface area contributed by atoms with Gasteiger partial charge in [-0.15, -0.1) is 0 Å². The number of carbonyl (C=O) groups is 2. The summed E-state index contributed by atoms with van der Waals surface area (Å²) in [5.41, 5.74) is 2.57. The molecule has 2 saturated heterocycles. The number of aliphatic hydroxyl groups excluding tert-OH is 1. The Labute approximate surface area is 207 Å². The molecule has 1 aromatic carbocycles. The van der Waals surface area contributed by atoms with E-state index >= 15 is 0 Å². The van der Waals surface area contributed by atoms with Crippen LogP contribution in [0.1, 0.15) is 64.1 Å². The summed E-state index contributed by atoms with van der Waals surface area (Å²) in [7, 11) is 0. The molecule has 0 unspecified atom stereocenters. The number of rotatable bonds is 8. The molecule has 9 heteroatoms. The molecule has 3 atom stereocenters. The van der Waals surface area contributed by atoms with Crippen LogP contribution >= 0.6 is 0 Å². The van der Waals surface area contributed by atoms with Crippen LogP contribution in [-0.2, 0) is 15.9 Å². The van der Waals surface area contributed by atoms with E-state index in [9.17, 15) is 19.1 Å². The Kier molecular flexibility index (Phi) is 7.41. The van der Waals surface area contributed by atoms with Crippen molar-refractivity contribution >= 4 is 22.8 Å². The number of ketones is 1. The predicted molar refractivity (Wildman–Crippen MR) is 128 cm³/mol. The van der Waals surface area contributed by atoms with Gasteiger partial charge in [0.15, 0.2) is 11.4 Å². The molecule has 8 nitrogen and oxygen atoms in total. The van der Waals surface area contributed by atoms with Crippen LogP contribution in [0.5, 0.6) is 0 Å². The number of benzene rings is 1. The van der Waals surface area contributed by atoms with Crippen LogP contribution in [0.2, 0.25) is 0 Å². The zero-order valence-corrected chi connectivity index (χ0v) is 19.9. The van der Waals surface area contributed by atoms with Gasteiger partial charge in [0, 0.05) is 37.7 Å². The molecule has 0 spiro atoms.